The molecule has 1 atom stereocenters. The van der Waals surface area contributed by atoms with Gasteiger partial charge < -0.3 is 4.90 Å². The summed E-state index contributed by atoms with van der Waals surface area (Å²) in [5.41, 5.74) is 2.85. The van der Waals surface area contributed by atoms with E-state index in [4.69, 9.17) is 4.98 Å². The molecule has 5 rings (SSSR count). The van der Waals surface area contributed by atoms with Crippen LogP contribution in [0.2, 0.25) is 0 Å². The van der Waals surface area contributed by atoms with E-state index in [1.54, 1.807) is 12.1 Å². The van der Waals surface area contributed by atoms with Gasteiger partial charge in [0.2, 0.25) is 5.91 Å². The highest BCUT2D eigenvalue weighted by molar-refractivity contribution is 5.79. The molecule has 31 heavy (non-hydrogen) atoms. The van der Waals surface area contributed by atoms with Crippen LogP contribution >= 0.6 is 0 Å². The monoisotopic (exact) mass is 420 g/mol. The molecule has 0 aliphatic carbocycles. The second-order valence-electron chi connectivity index (χ2n) is 8.79. The topological polar surface area (TPSA) is 41.4 Å². The highest BCUT2D eigenvalue weighted by atomic mass is 19.1. The minimum atomic E-state index is -0.246. The molecule has 2 fully saturated rings. The third kappa shape index (κ3) is 4.22. The highest BCUT2D eigenvalue weighted by Gasteiger charge is 2.30. The molecule has 0 unspecified atom stereocenters. The van der Waals surface area contributed by atoms with Crippen molar-refractivity contribution in [2.75, 3.05) is 26.2 Å². The zero-order chi connectivity index (χ0) is 21.2. The molecule has 5 nitrogen and oxygen atoms in total. The number of hydrogen-bond acceptors (Lipinski definition) is 3. The van der Waals surface area contributed by atoms with Crippen LogP contribution in [0.25, 0.3) is 16.7 Å². The van der Waals surface area contributed by atoms with Gasteiger partial charge in [-0.3, -0.25) is 14.3 Å². The van der Waals surface area contributed by atoms with E-state index in [-0.39, 0.29) is 11.7 Å². The number of likely N-dealkylation sites (tertiary alicyclic amines) is 2. The van der Waals surface area contributed by atoms with Gasteiger partial charge in [0.25, 0.3) is 0 Å². The van der Waals surface area contributed by atoms with Crippen molar-refractivity contribution in [3.63, 3.8) is 0 Å². The standard InChI is InChI=1S/C25H29FN4O/c26-20-10-12-21(13-11-20)30-23-9-3-2-8-22(23)27-24(30)18-28-14-6-7-19(17-28)25(31)29-15-4-1-5-16-29/h2-3,8-13,19H,1,4-7,14-18H2/t19-/m1/s1. The first-order valence-corrected chi connectivity index (χ1v) is 11.4. The lowest BCUT2D eigenvalue weighted by molar-refractivity contribution is -0.138. The number of halogens is 1. The molecule has 2 saturated heterocycles. The first-order valence-electron chi connectivity index (χ1n) is 11.4. The summed E-state index contributed by atoms with van der Waals surface area (Å²) in [6, 6.07) is 14.6. The number of carbonyl (C=O) groups excluding carboxylic acids is 1. The third-order valence-electron chi connectivity index (χ3n) is 6.60. The minimum Gasteiger partial charge on any atom is -0.342 e. The van der Waals surface area contributed by atoms with Crippen LogP contribution in [0, 0.1) is 11.7 Å². The van der Waals surface area contributed by atoms with E-state index in [1.807, 2.05) is 24.3 Å². The number of nitrogens with zero attached hydrogens (tertiary/aromatic N) is 4. The summed E-state index contributed by atoms with van der Waals surface area (Å²) in [7, 11) is 0. The van der Waals surface area contributed by atoms with Crippen LogP contribution in [-0.2, 0) is 11.3 Å². The van der Waals surface area contributed by atoms with Gasteiger partial charge in [-0.1, -0.05) is 12.1 Å². The fraction of sp³-hybridized carbons (Fsp3) is 0.440. The molecule has 162 valence electrons. The molecular weight excluding hydrogens is 391 g/mol. The van der Waals surface area contributed by atoms with Gasteiger partial charge in [-0.2, -0.15) is 0 Å². The lowest BCUT2D eigenvalue weighted by Gasteiger charge is -2.36. The van der Waals surface area contributed by atoms with Gasteiger partial charge in [0.05, 0.1) is 23.5 Å². The Morgan fingerprint density at radius 3 is 2.55 bits per heavy atom. The molecule has 0 spiro atoms. The quantitative estimate of drug-likeness (QED) is 0.629. The van der Waals surface area contributed by atoms with E-state index >= 15 is 0 Å². The number of fused-ring (bicyclic) bond motifs is 1. The van der Waals surface area contributed by atoms with E-state index in [9.17, 15) is 9.18 Å². The van der Waals surface area contributed by atoms with E-state index < -0.39 is 0 Å². The second-order valence-corrected chi connectivity index (χ2v) is 8.79. The van der Waals surface area contributed by atoms with Crippen molar-refractivity contribution in [2.45, 2.75) is 38.6 Å². The number of hydrogen-bond donors (Lipinski definition) is 0. The normalized spacial score (nSPS) is 20.3. The average Bonchev–Trinajstić information content (AvgIpc) is 3.17. The summed E-state index contributed by atoms with van der Waals surface area (Å²) >= 11 is 0. The largest absolute Gasteiger partial charge is 0.342 e. The van der Waals surface area contributed by atoms with Crippen LogP contribution in [-0.4, -0.2) is 51.4 Å². The molecule has 0 N–H and O–H groups in total. The summed E-state index contributed by atoms with van der Waals surface area (Å²) in [5.74, 6) is 1.09. The summed E-state index contributed by atoms with van der Waals surface area (Å²) in [6.45, 7) is 4.25. The molecule has 0 saturated carbocycles. The van der Waals surface area contributed by atoms with Crippen molar-refractivity contribution in [1.29, 1.82) is 0 Å². The van der Waals surface area contributed by atoms with Crippen LogP contribution in [0.4, 0.5) is 4.39 Å². The molecule has 0 bridgehead atoms. The van der Waals surface area contributed by atoms with Crippen molar-refractivity contribution in [3.8, 4) is 5.69 Å². The number of para-hydroxylation sites is 2. The summed E-state index contributed by atoms with van der Waals surface area (Å²) in [6.07, 6.45) is 5.50. The molecule has 1 aromatic heterocycles. The Morgan fingerprint density at radius 1 is 0.968 bits per heavy atom. The molecule has 2 aromatic carbocycles. The van der Waals surface area contributed by atoms with E-state index in [1.165, 1.54) is 18.6 Å². The number of rotatable bonds is 4. The van der Waals surface area contributed by atoms with Crippen LogP contribution in [0.1, 0.15) is 37.9 Å². The first kappa shape index (κ1) is 20.2. The van der Waals surface area contributed by atoms with Crippen LogP contribution in [0.5, 0.6) is 0 Å². The molecule has 0 radical (unpaired) electrons. The number of benzene rings is 2. The molecule has 2 aliphatic heterocycles. The van der Waals surface area contributed by atoms with Gasteiger partial charge in [0.15, 0.2) is 0 Å². The molecular formula is C25H29FN4O. The predicted octanol–water partition coefficient (Wildman–Crippen LogP) is 4.39. The van der Waals surface area contributed by atoms with E-state index in [0.717, 1.165) is 74.4 Å². The van der Waals surface area contributed by atoms with Gasteiger partial charge in [-0.15, -0.1) is 0 Å². The van der Waals surface area contributed by atoms with Crippen molar-refractivity contribution < 1.29 is 9.18 Å². The maximum absolute atomic E-state index is 13.5. The SMILES string of the molecule is O=C([C@@H]1CCCN(Cc2nc3ccccc3n2-c2ccc(F)cc2)C1)N1CCCCC1. The Morgan fingerprint density at radius 2 is 1.74 bits per heavy atom. The zero-order valence-corrected chi connectivity index (χ0v) is 17.8. The van der Waals surface area contributed by atoms with Crippen LogP contribution in [0.15, 0.2) is 48.5 Å². The summed E-state index contributed by atoms with van der Waals surface area (Å²) in [4.78, 5) is 22.4. The second kappa shape index (κ2) is 8.79. The fourth-order valence-corrected chi connectivity index (χ4v) is 5.03. The highest BCUT2D eigenvalue weighted by Crippen LogP contribution is 2.26. The lowest BCUT2D eigenvalue weighted by Crippen LogP contribution is -2.46. The number of carbonyl (C=O) groups is 1. The number of aromatic nitrogens is 2. The fourth-order valence-electron chi connectivity index (χ4n) is 5.03. The first-order chi connectivity index (χ1) is 15.2. The molecule has 2 aliphatic rings. The molecule has 6 heteroatoms. The number of piperidine rings is 2. The molecule has 1 amide bonds. The van der Waals surface area contributed by atoms with Gasteiger partial charge >= 0.3 is 0 Å². The van der Waals surface area contributed by atoms with Crippen LogP contribution in [0.3, 0.4) is 0 Å². The summed E-state index contributed by atoms with van der Waals surface area (Å²) in [5, 5.41) is 0. The molecule has 3 aromatic rings. The van der Waals surface area contributed by atoms with Crippen molar-refractivity contribution in [2.24, 2.45) is 5.92 Å². The Hall–Kier alpha value is -2.73. The predicted molar refractivity (Wildman–Crippen MR) is 119 cm³/mol. The molecule has 3 heterocycles. The maximum atomic E-state index is 13.5. The maximum Gasteiger partial charge on any atom is 0.226 e. The van der Waals surface area contributed by atoms with E-state index in [2.05, 4.69) is 14.4 Å². The van der Waals surface area contributed by atoms with Gasteiger partial charge in [-0.25, -0.2) is 9.37 Å². The van der Waals surface area contributed by atoms with Gasteiger partial charge in [0, 0.05) is 25.3 Å². The lowest BCUT2D eigenvalue weighted by atomic mass is 9.95. The van der Waals surface area contributed by atoms with Crippen LogP contribution < -0.4 is 0 Å². The van der Waals surface area contributed by atoms with Gasteiger partial charge in [-0.05, 0) is 75.0 Å². The smallest absolute Gasteiger partial charge is 0.226 e. The average molecular weight is 421 g/mol. The Kier molecular flexibility index (Phi) is 5.72. The number of amides is 1. The van der Waals surface area contributed by atoms with Crippen molar-refractivity contribution >= 4 is 16.9 Å². The summed E-state index contributed by atoms with van der Waals surface area (Å²) < 4.78 is 15.6. The van der Waals surface area contributed by atoms with Gasteiger partial charge in [0.1, 0.15) is 11.6 Å². The zero-order valence-electron chi connectivity index (χ0n) is 17.8. The third-order valence-corrected chi connectivity index (χ3v) is 6.60. The number of imidazole rings is 1. The minimum absolute atomic E-state index is 0.0792. The Bertz CT molecular complexity index is 1060. The van der Waals surface area contributed by atoms with Crippen molar-refractivity contribution in [1.82, 2.24) is 19.4 Å². The van der Waals surface area contributed by atoms with E-state index in [0.29, 0.717) is 12.5 Å². The Balaban J connectivity index is 1.39. The van der Waals surface area contributed by atoms with Crippen molar-refractivity contribution in [3.05, 3.63) is 60.2 Å². The Labute approximate surface area is 182 Å².